The summed E-state index contributed by atoms with van der Waals surface area (Å²) in [4.78, 5) is 0.275. The smallest absolute Gasteiger partial charge is 0.175 e. The summed E-state index contributed by atoms with van der Waals surface area (Å²) in [5.41, 5.74) is 0. The summed E-state index contributed by atoms with van der Waals surface area (Å²) in [6.45, 7) is 1.21. The average Bonchev–Trinajstić information content (AvgIpc) is 2.97. The van der Waals surface area contributed by atoms with Crippen molar-refractivity contribution >= 4 is 9.84 Å². The van der Waals surface area contributed by atoms with Crippen molar-refractivity contribution in [1.82, 2.24) is 0 Å². The SMILES string of the molecule is CS(=O)(=O)c1cccc(OC[C@@H]2CO2)c1. The quantitative estimate of drug-likeness (QED) is 0.717. The van der Waals surface area contributed by atoms with Crippen LogP contribution in [0.25, 0.3) is 0 Å². The molecule has 1 aromatic carbocycles. The average molecular weight is 228 g/mol. The summed E-state index contributed by atoms with van der Waals surface area (Å²) in [5.74, 6) is 0.563. The summed E-state index contributed by atoms with van der Waals surface area (Å²) in [6.07, 6.45) is 1.35. The molecule has 0 bridgehead atoms. The number of hydrogen-bond acceptors (Lipinski definition) is 4. The molecule has 0 saturated carbocycles. The van der Waals surface area contributed by atoms with Gasteiger partial charge in [0, 0.05) is 6.26 Å². The van der Waals surface area contributed by atoms with Crippen molar-refractivity contribution in [3.63, 3.8) is 0 Å². The van der Waals surface area contributed by atoms with Crippen LogP contribution in [0, 0.1) is 0 Å². The van der Waals surface area contributed by atoms with Crippen LogP contribution in [0.5, 0.6) is 5.75 Å². The van der Waals surface area contributed by atoms with Crippen molar-refractivity contribution in [2.24, 2.45) is 0 Å². The van der Waals surface area contributed by atoms with Gasteiger partial charge in [-0.1, -0.05) is 6.07 Å². The third kappa shape index (κ3) is 2.94. The molecule has 5 heteroatoms. The van der Waals surface area contributed by atoms with E-state index in [1.165, 1.54) is 12.3 Å². The first-order chi connectivity index (χ1) is 7.05. The zero-order valence-corrected chi connectivity index (χ0v) is 9.16. The van der Waals surface area contributed by atoms with Crippen LogP contribution in [-0.2, 0) is 14.6 Å². The van der Waals surface area contributed by atoms with Gasteiger partial charge >= 0.3 is 0 Å². The summed E-state index contributed by atoms with van der Waals surface area (Å²) in [6, 6.07) is 6.48. The molecule has 15 heavy (non-hydrogen) atoms. The molecule has 0 N–H and O–H groups in total. The normalized spacial score (nSPS) is 19.9. The predicted octanol–water partition coefficient (Wildman–Crippen LogP) is 0.868. The van der Waals surface area contributed by atoms with Gasteiger partial charge in [0.05, 0.1) is 11.5 Å². The Morgan fingerprint density at radius 2 is 2.27 bits per heavy atom. The van der Waals surface area contributed by atoms with Gasteiger partial charge in [0.15, 0.2) is 9.84 Å². The Morgan fingerprint density at radius 3 is 2.87 bits per heavy atom. The van der Waals surface area contributed by atoms with E-state index in [0.717, 1.165) is 6.61 Å². The van der Waals surface area contributed by atoms with Gasteiger partial charge in [-0.15, -0.1) is 0 Å². The molecule has 4 nitrogen and oxygen atoms in total. The third-order valence-electron chi connectivity index (χ3n) is 2.07. The molecule has 1 atom stereocenters. The van der Waals surface area contributed by atoms with E-state index >= 15 is 0 Å². The predicted molar refractivity (Wildman–Crippen MR) is 54.8 cm³/mol. The van der Waals surface area contributed by atoms with Crippen LogP contribution < -0.4 is 4.74 Å². The van der Waals surface area contributed by atoms with Crippen molar-refractivity contribution in [2.45, 2.75) is 11.0 Å². The first-order valence-electron chi connectivity index (χ1n) is 4.60. The molecule has 1 aliphatic rings. The molecule has 1 aliphatic heterocycles. The molecule has 0 spiro atoms. The second kappa shape index (κ2) is 3.83. The van der Waals surface area contributed by atoms with Crippen LogP contribution in [0.3, 0.4) is 0 Å². The summed E-state index contributed by atoms with van der Waals surface area (Å²) >= 11 is 0. The second-order valence-electron chi connectivity index (χ2n) is 3.51. The van der Waals surface area contributed by atoms with Crippen LogP contribution in [0.2, 0.25) is 0 Å². The van der Waals surface area contributed by atoms with Gasteiger partial charge in [0.1, 0.15) is 18.5 Å². The number of sulfone groups is 1. The highest BCUT2D eigenvalue weighted by Crippen LogP contribution is 2.19. The summed E-state index contributed by atoms with van der Waals surface area (Å²) in [5, 5.41) is 0. The van der Waals surface area contributed by atoms with Gasteiger partial charge in [-0.2, -0.15) is 0 Å². The van der Waals surface area contributed by atoms with Crippen LogP contribution >= 0.6 is 0 Å². The number of epoxide rings is 1. The van der Waals surface area contributed by atoms with E-state index in [1.54, 1.807) is 18.2 Å². The summed E-state index contributed by atoms with van der Waals surface area (Å²) in [7, 11) is -3.16. The standard InChI is InChI=1S/C10H12O4S/c1-15(11,12)10-4-2-3-8(5-10)13-6-9-7-14-9/h2-5,9H,6-7H2,1H3/t9-/m1/s1. The van der Waals surface area contributed by atoms with Crippen LogP contribution in [0.15, 0.2) is 29.2 Å². The molecule has 0 unspecified atom stereocenters. The lowest BCUT2D eigenvalue weighted by molar-refractivity contribution is 0.262. The van der Waals surface area contributed by atoms with E-state index in [4.69, 9.17) is 9.47 Å². The Labute approximate surface area is 88.7 Å². The van der Waals surface area contributed by atoms with Gasteiger partial charge in [-0.25, -0.2) is 8.42 Å². The van der Waals surface area contributed by atoms with Crippen molar-refractivity contribution in [3.05, 3.63) is 24.3 Å². The molecule has 1 aromatic rings. The van der Waals surface area contributed by atoms with Crippen molar-refractivity contribution in [1.29, 1.82) is 0 Å². The van der Waals surface area contributed by atoms with Gasteiger partial charge in [-0.3, -0.25) is 0 Å². The number of rotatable bonds is 4. The molecule has 2 rings (SSSR count). The van der Waals surface area contributed by atoms with Crippen LogP contribution in [-0.4, -0.2) is 34.0 Å². The van der Waals surface area contributed by atoms with E-state index in [9.17, 15) is 8.42 Å². The Hall–Kier alpha value is -1.07. The lowest BCUT2D eigenvalue weighted by Gasteiger charge is -2.05. The van der Waals surface area contributed by atoms with Crippen molar-refractivity contribution in [2.75, 3.05) is 19.5 Å². The van der Waals surface area contributed by atoms with Crippen molar-refractivity contribution < 1.29 is 17.9 Å². The topological polar surface area (TPSA) is 55.9 Å². The largest absolute Gasteiger partial charge is 0.491 e. The second-order valence-corrected chi connectivity index (χ2v) is 5.53. The molecular formula is C10H12O4S. The van der Waals surface area contributed by atoms with E-state index < -0.39 is 9.84 Å². The number of benzene rings is 1. The van der Waals surface area contributed by atoms with Gasteiger partial charge < -0.3 is 9.47 Å². The molecule has 1 fully saturated rings. The Balaban J connectivity index is 2.11. The Bertz CT molecular complexity index is 448. The lowest BCUT2D eigenvalue weighted by atomic mass is 10.3. The minimum absolute atomic E-state index is 0.173. The fraction of sp³-hybridized carbons (Fsp3) is 0.400. The molecule has 1 heterocycles. The number of hydrogen-bond donors (Lipinski definition) is 0. The number of ether oxygens (including phenoxy) is 2. The molecule has 0 aromatic heterocycles. The highest BCUT2D eigenvalue weighted by molar-refractivity contribution is 7.90. The maximum absolute atomic E-state index is 11.3. The van der Waals surface area contributed by atoms with Crippen LogP contribution in [0.4, 0.5) is 0 Å². The zero-order valence-electron chi connectivity index (χ0n) is 8.34. The zero-order chi connectivity index (χ0) is 10.9. The van der Waals surface area contributed by atoms with E-state index in [0.29, 0.717) is 12.4 Å². The van der Waals surface area contributed by atoms with Gasteiger partial charge in [0.25, 0.3) is 0 Å². The monoisotopic (exact) mass is 228 g/mol. The van der Waals surface area contributed by atoms with Gasteiger partial charge in [0.2, 0.25) is 0 Å². The van der Waals surface area contributed by atoms with E-state index in [1.807, 2.05) is 0 Å². The fourth-order valence-electron chi connectivity index (χ4n) is 1.15. The van der Waals surface area contributed by atoms with E-state index in [-0.39, 0.29) is 11.0 Å². The molecule has 0 radical (unpaired) electrons. The Morgan fingerprint density at radius 1 is 1.53 bits per heavy atom. The minimum atomic E-state index is -3.16. The lowest BCUT2D eigenvalue weighted by Crippen LogP contribution is -2.05. The molecular weight excluding hydrogens is 216 g/mol. The van der Waals surface area contributed by atoms with Gasteiger partial charge in [-0.05, 0) is 18.2 Å². The van der Waals surface area contributed by atoms with Crippen molar-refractivity contribution in [3.8, 4) is 5.75 Å². The molecule has 1 saturated heterocycles. The first kappa shape index (κ1) is 10.4. The molecule has 0 amide bonds. The Kier molecular flexibility index (Phi) is 2.67. The maximum Gasteiger partial charge on any atom is 0.175 e. The minimum Gasteiger partial charge on any atom is -0.491 e. The van der Waals surface area contributed by atoms with E-state index in [2.05, 4.69) is 0 Å². The first-order valence-corrected chi connectivity index (χ1v) is 6.49. The molecule has 82 valence electrons. The van der Waals surface area contributed by atoms with Crippen LogP contribution in [0.1, 0.15) is 0 Å². The third-order valence-corrected chi connectivity index (χ3v) is 3.18. The maximum atomic E-state index is 11.3. The summed E-state index contributed by atoms with van der Waals surface area (Å²) < 4.78 is 32.9. The highest BCUT2D eigenvalue weighted by Gasteiger charge is 2.23. The highest BCUT2D eigenvalue weighted by atomic mass is 32.2. The molecule has 0 aliphatic carbocycles. The fourth-order valence-corrected chi connectivity index (χ4v) is 1.80.